The zero-order valence-corrected chi connectivity index (χ0v) is 11.9. The predicted octanol–water partition coefficient (Wildman–Crippen LogP) is 2.89. The molecule has 1 aliphatic carbocycles. The Morgan fingerprint density at radius 1 is 1.33 bits per heavy atom. The normalized spacial score (nSPS) is 16.3. The molecule has 18 heavy (non-hydrogen) atoms. The van der Waals surface area contributed by atoms with Gasteiger partial charge in [0.2, 0.25) is 0 Å². The van der Waals surface area contributed by atoms with Gasteiger partial charge < -0.3 is 5.32 Å². The van der Waals surface area contributed by atoms with Crippen molar-refractivity contribution in [3.8, 4) is 0 Å². The Bertz CT molecular complexity index is 330. The average Bonchev–Trinajstić information content (AvgIpc) is 2.36. The van der Waals surface area contributed by atoms with E-state index in [1.807, 2.05) is 19.2 Å². The van der Waals surface area contributed by atoms with Crippen molar-refractivity contribution >= 4 is 17.3 Å². The minimum atomic E-state index is 0.518. The van der Waals surface area contributed by atoms with Crippen LogP contribution in [0.5, 0.6) is 0 Å². The van der Waals surface area contributed by atoms with E-state index in [-0.39, 0.29) is 0 Å². The second-order valence-electron chi connectivity index (χ2n) is 4.57. The summed E-state index contributed by atoms with van der Waals surface area (Å²) in [5.41, 5.74) is 3.94. The molecule has 0 saturated heterocycles. The number of likely N-dealkylation sites (N-methyl/N-ethyl adjacent to an activating group) is 1. The second-order valence-corrected chi connectivity index (χ2v) is 4.97. The lowest BCUT2D eigenvalue weighted by Crippen LogP contribution is -2.48. The molecule has 3 nitrogen and oxygen atoms in total. The number of thiocarbonyl (C=S) groups is 1. The summed E-state index contributed by atoms with van der Waals surface area (Å²) in [5, 5.41) is 5.82. The Kier molecular flexibility index (Phi) is 6.50. The number of nitrogens with zero attached hydrogens (tertiary/aromatic N) is 1. The van der Waals surface area contributed by atoms with Gasteiger partial charge in [0.1, 0.15) is 0 Å². The molecule has 1 rings (SSSR count). The first-order valence-electron chi connectivity index (χ1n) is 6.42. The summed E-state index contributed by atoms with van der Waals surface area (Å²) in [6.45, 7) is 7.56. The molecule has 2 N–H and O–H groups in total. The molecular weight excluding hydrogens is 242 g/mol. The van der Waals surface area contributed by atoms with E-state index in [1.54, 1.807) is 11.1 Å². The van der Waals surface area contributed by atoms with Crippen LogP contribution >= 0.6 is 12.2 Å². The molecule has 0 amide bonds. The lowest BCUT2D eigenvalue weighted by atomic mass is 9.96. The summed E-state index contributed by atoms with van der Waals surface area (Å²) in [6, 6.07) is 0.518. The predicted molar refractivity (Wildman–Crippen MR) is 82.0 cm³/mol. The Hall–Kier alpha value is -1.29. The molecule has 1 aliphatic rings. The molecule has 0 radical (unpaired) electrons. The SMILES string of the molecule is C=C/C=C\C(=C)N(C)NC(=S)NC1CCCCC1. The van der Waals surface area contributed by atoms with Gasteiger partial charge >= 0.3 is 0 Å². The topological polar surface area (TPSA) is 27.3 Å². The van der Waals surface area contributed by atoms with Gasteiger partial charge in [0.25, 0.3) is 0 Å². The van der Waals surface area contributed by atoms with Crippen LogP contribution in [0.25, 0.3) is 0 Å². The number of hydrogen-bond acceptors (Lipinski definition) is 2. The van der Waals surface area contributed by atoms with Crippen molar-refractivity contribution in [3.05, 3.63) is 37.1 Å². The Labute approximate surface area is 116 Å². The summed E-state index contributed by atoms with van der Waals surface area (Å²) in [5.74, 6) is 0. The van der Waals surface area contributed by atoms with Crippen LogP contribution in [0.3, 0.4) is 0 Å². The molecular formula is C14H23N3S. The van der Waals surface area contributed by atoms with E-state index in [1.165, 1.54) is 32.1 Å². The van der Waals surface area contributed by atoms with Crippen molar-refractivity contribution in [2.45, 2.75) is 38.1 Å². The fourth-order valence-electron chi connectivity index (χ4n) is 1.98. The van der Waals surface area contributed by atoms with E-state index in [4.69, 9.17) is 12.2 Å². The minimum Gasteiger partial charge on any atom is -0.359 e. The Morgan fingerprint density at radius 2 is 2.00 bits per heavy atom. The fourth-order valence-corrected chi connectivity index (χ4v) is 2.28. The largest absolute Gasteiger partial charge is 0.359 e. The van der Waals surface area contributed by atoms with Crippen molar-refractivity contribution in [2.75, 3.05) is 7.05 Å². The van der Waals surface area contributed by atoms with E-state index in [0.717, 1.165) is 5.70 Å². The monoisotopic (exact) mass is 265 g/mol. The van der Waals surface area contributed by atoms with Crippen molar-refractivity contribution in [1.29, 1.82) is 0 Å². The van der Waals surface area contributed by atoms with Gasteiger partial charge in [0, 0.05) is 18.8 Å². The standard InChI is InChI=1S/C14H23N3S/c1-4-5-9-12(2)17(3)16-14(18)15-13-10-7-6-8-11-13/h4-5,9,13H,1-2,6-8,10-11H2,3H3,(H2,15,16,18)/b9-5-. The molecule has 0 aromatic rings. The number of allylic oxidation sites excluding steroid dienone is 3. The van der Waals surface area contributed by atoms with Gasteiger partial charge in [-0.1, -0.05) is 44.6 Å². The average molecular weight is 265 g/mol. The van der Waals surface area contributed by atoms with Crippen LogP contribution in [-0.4, -0.2) is 23.2 Å². The van der Waals surface area contributed by atoms with E-state index in [2.05, 4.69) is 23.9 Å². The highest BCUT2D eigenvalue weighted by Crippen LogP contribution is 2.17. The number of nitrogens with one attached hydrogen (secondary N) is 2. The lowest BCUT2D eigenvalue weighted by molar-refractivity contribution is 0.365. The molecule has 0 heterocycles. The van der Waals surface area contributed by atoms with Gasteiger partial charge in [0.15, 0.2) is 5.11 Å². The van der Waals surface area contributed by atoms with Crippen LogP contribution in [0.15, 0.2) is 37.1 Å². The maximum Gasteiger partial charge on any atom is 0.185 e. The smallest absolute Gasteiger partial charge is 0.185 e. The molecule has 100 valence electrons. The van der Waals surface area contributed by atoms with Crippen molar-refractivity contribution < 1.29 is 0 Å². The highest BCUT2D eigenvalue weighted by molar-refractivity contribution is 7.80. The summed E-state index contributed by atoms with van der Waals surface area (Å²) < 4.78 is 0. The number of hydrazine groups is 1. The summed E-state index contributed by atoms with van der Waals surface area (Å²) in [7, 11) is 1.89. The molecule has 4 heteroatoms. The molecule has 1 saturated carbocycles. The maximum atomic E-state index is 5.29. The first-order chi connectivity index (χ1) is 8.63. The van der Waals surface area contributed by atoms with Crippen LogP contribution in [0.1, 0.15) is 32.1 Å². The van der Waals surface area contributed by atoms with E-state index in [0.29, 0.717) is 11.2 Å². The van der Waals surface area contributed by atoms with Crippen LogP contribution in [0, 0.1) is 0 Å². The van der Waals surface area contributed by atoms with Gasteiger partial charge in [-0.05, 0) is 31.1 Å². The molecule has 0 aromatic heterocycles. The van der Waals surface area contributed by atoms with Crippen molar-refractivity contribution in [2.24, 2.45) is 0 Å². The summed E-state index contributed by atoms with van der Waals surface area (Å²) >= 11 is 5.29. The van der Waals surface area contributed by atoms with Gasteiger partial charge in [-0.15, -0.1) is 0 Å². The highest BCUT2D eigenvalue weighted by atomic mass is 32.1. The zero-order valence-electron chi connectivity index (χ0n) is 11.1. The summed E-state index contributed by atoms with van der Waals surface area (Å²) in [4.78, 5) is 0. The van der Waals surface area contributed by atoms with Crippen LogP contribution in [-0.2, 0) is 0 Å². The van der Waals surface area contributed by atoms with E-state index < -0.39 is 0 Å². The lowest BCUT2D eigenvalue weighted by Gasteiger charge is -2.27. The van der Waals surface area contributed by atoms with Crippen LogP contribution in [0.4, 0.5) is 0 Å². The number of rotatable bonds is 5. The zero-order chi connectivity index (χ0) is 13.4. The first-order valence-corrected chi connectivity index (χ1v) is 6.83. The molecule has 0 spiro atoms. The highest BCUT2D eigenvalue weighted by Gasteiger charge is 2.14. The van der Waals surface area contributed by atoms with E-state index in [9.17, 15) is 0 Å². The molecule has 0 unspecified atom stereocenters. The van der Waals surface area contributed by atoms with Crippen LogP contribution < -0.4 is 10.7 Å². The van der Waals surface area contributed by atoms with Crippen molar-refractivity contribution in [3.63, 3.8) is 0 Å². The molecule has 0 aliphatic heterocycles. The molecule has 1 fully saturated rings. The third kappa shape index (κ3) is 5.36. The van der Waals surface area contributed by atoms with Gasteiger partial charge in [-0.3, -0.25) is 10.4 Å². The van der Waals surface area contributed by atoms with Gasteiger partial charge in [-0.2, -0.15) is 0 Å². The molecule has 0 aromatic carbocycles. The molecule has 0 atom stereocenters. The number of hydrogen-bond donors (Lipinski definition) is 2. The minimum absolute atomic E-state index is 0.518. The van der Waals surface area contributed by atoms with Gasteiger partial charge in [0.05, 0.1) is 0 Å². The fraction of sp³-hybridized carbons (Fsp3) is 0.500. The molecule has 0 bridgehead atoms. The quantitative estimate of drug-likeness (QED) is 0.454. The second kappa shape index (κ2) is 7.93. The maximum absolute atomic E-state index is 5.29. The Morgan fingerprint density at radius 3 is 2.61 bits per heavy atom. The Balaban J connectivity index is 2.32. The third-order valence-corrected chi connectivity index (χ3v) is 3.27. The van der Waals surface area contributed by atoms with Crippen molar-refractivity contribution in [1.82, 2.24) is 15.8 Å². The summed E-state index contributed by atoms with van der Waals surface area (Å²) in [6.07, 6.45) is 11.8. The van der Waals surface area contributed by atoms with E-state index >= 15 is 0 Å². The van der Waals surface area contributed by atoms with Gasteiger partial charge in [-0.25, -0.2) is 0 Å². The van der Waals surface area contributed by atoms with Crippen LogP contribution in [0.2, 0.25) is 0 Å². The third-order valence-electron chi connectivity index (χ3n) is 3.07. The first kappa shape index (κ1) is 14.8.